The SMILES string of the molecule is CCN(CC)C(=O)CC(C)CCC=C(C)C. The van der Waals surface area contributed by atoms with E-state index in [1.54, 1.807) is 0 Å². The van der Waals surface area contributed by atoms with Crippen LogP contribution < -0.4 is 0 Å². The number of carbonyl (C=O) groups excluding carboxylic acids is 1. The molecule has 0 aliphatic heterocycles. The lowest BCUT2D eigenvalue weighted by Crippen LogP contribution is -2.31. The van der Waals surface area contributed by atoms with Crippen LogP contribution in [0.5, 0.6) is 0 Å². The minimum atomic E-state index is 0.301. The molecule has 0 radical (unpaired) electrons. The van der Waals surface area contributed by atoms with Gasteiger partial charge in [-0.1, -0.05) is 18.6 Å². The van der Waals surface area contributed by atoms with Crippen LogP contribution in [0.1, 0.15) is 53.9 Å². The summed E-state index contributed by atoms with van der Waals surface area (Å²) in [6.07, 6.45) is 5.14. The first-order valence-electron chi connectivity index (χ1n) is 6.42. The Labute approximate surface area is 101 Å². The predicted octanol–water partition coefficient (Wildman–Crippen LogP) is 3.63. The molecule has 2 nitrogen and oxygen atoms in total. The Morgan fingerprint density at radius 2 is 1.81 bits per heavy atom. The molecule has 0 bridgehead atoms. The first-order chi connectivity index (χ1) is 7.51. The highest BCUT2D eigenvalue weighted by molar-refractivity contribution is 5.76. The molecule has 0 aliphatic rings. The fourth-order valence-corrected chi connectivity index (χ4v) is 1.76. The standard InChI is InChI=1S/C14H27NO/c1-6-15(7-2)14(16)11-13(5)10-8-9-12(3)4/h9,13H,6-8,10-11H2,1-5H3. The molecule has 0 spiro atoms. The van der Waals surface area contributed by atoms with E-state index in [0.717, 1.165) is 25.9 Å². The third kappa shape index (κ3) is 6.65. The van der Waals surface area contributed by atoms with E-state index >= 15 is 0 Å². The molecule has 0 aliphatic carbocycles. The van der Waals surface area contributed by atoms with Crippen LogP contribution in [0.3, 0.4) is 0 Å². The summed E-state index contributed by atoms with van der Waals surface area (Å²) in [5.74, 6) is 0.790. The van der Waals surface area contributed by atoms with Crippen molar-refractivity contribution in [2.45, 2.75) is 53.9 Å². The summed E-state index contributed by atoms with van der Waals surface area (Å²) in [4.78, 5) is 13.7. The van der Waals surface area contributed by atoms with Gasteiger partial charge in [-0.15, -0.1) is 0 Å². The molecule has 94 valence electrons. The molecule has 0 saturated carbocycles. The summed E-state index contributed by atoms with van der Waals surface area (Å²) >= 11 is 0. The molecule has 1 atom stereocenters. The van der Waals surface area contributed by atoms with Crippen LogP contribution in [0.15, 0.2) is 11.6 Å². The van der Waals surface area contributed by atoms with E-state index in [2.05, 4.69) is 26.8 Å². The molecule has 0 heterocycles. The molecule has 0 fully saturated rings. The molecule has 0 saturated heterocycles. The van der Waals surface area contributed by atoms with Crippen molar-refractivity contribution in [1.82, 2.24) is 4.90 Å². The molecule has 0 aromatic rings. The van der Waals surface area contributed by atoms with Crippen LogP contribution in [-0.2, 0) is 4.79 Å². The number of amides is 1. The van der Waals surface area contributed by atoms with Gasteiger partial charge >= 0.3 is 0 Å². The Balaban J connectivity index is 3.90. The zero-order valence-corrected chi connectivity index (χ0v) is 11.5. The number of rotatable bonds is 7. The fourth-order valence-electron chi connectivity index (χ4n) is 1.76. The highest BCUT2D eigenvalue weighted by Crippen LogP contribution is 2.13. The number of allylic oxidation sites excluding steroid dienone is 2. The van der Waals surface area contributed by atoms with Crippen molar-refractivity contribution in [1.29, 1.82) is 0 Å². The van der Waals surface area contributed by atoms with Crippen LogP contribution in [0.2, 0.25) is 0 Å². The average molecular weight is 225 g/mol. The van der Waals surface area contributed by atoms with Crippen molar-refractivity contribution in [3.63, 3.8) is 0 Å². The van der Waals surface area contributed by atoms with Crippen LogP contribution >= 0.6 is 0 Å². The van der Waals surface area contributed by atoms with Crippen molar-refractivity contribution in [2.24, 2.45) is 5.92 Å². The van der Waals surface area contributed by atoms with Crippen molar-refractivity contribution in [3.05, 3.63) is 11.6 Å². The van der Waals surface area contributed by atoms with Crippen LogP contribution in [0.4, 0.5) is 0 Å². The van der Waals surface area contributed by atoms with Crippen molar-refractivity contribution in [3.8, 4) is 0 Å². The van der Waals surface area contributed by atoms with Crippen molar-refractivity contribution < 1.29 is 4.79 Å². The molecule has 16 heavy (non-hydrogen) atoms. The van der Waals surface area contributed by atoms with Crippen molar-refractivity contribution in [2.75, 3.05) is 13.1 Å². The lowest BCUT2D eigenvalue weighted by molar-refractivity contribution is -0.131. The zero-order chi connectivity index (χ0) is 12.6. The summed E-state index contributed by atoms with van der Waals surface area (Å²) in [5, 5.41) is 0. The molecular weight excluding hydrogens is 198 g/mol. The van der Waals surface area contributed by atoms with E-state index in [-0.39, 0.29) is 0 Å². The van der Waals surface area contributed by atoms with Gasteiger partial charge < -0.3 is 4.90 Å². The van der Waals surface area contributed by atoms with Gasteiger partial charge in [-0.25, -0.2) is 0 Å². The summed E-state index contributed by atoms with van der Waals surface area (Å²) in [6, 6.07) is 0. The van der Waals surface area contributed by atoms with Gasteiger partial charge in [0.25, 0.3) is 0 Å². The predicted molar refractivity (Wildman–Crippen MR) is 70.4 cm³/mol. The van der Waals surface area contributed by atoms with E-state index in [4.69, 9.17) is 0 Å². The van der Waals surface area contributed by atoms with Gasteiger partial charge in [0.2, 0.25) is 5.91 Å². The first-order valence-corrected chi connectivity index (χ1v) is 6.42. The Morgan fingerprint density at radius 1 is 1.25 bits per heavy atom. The number of hydrogen-bond donors (Lipinski definition) is 0. The third-order valence-electron chi connectivity index (χ3n) is 2.85. The Bertz CT molecular complexity index is 225. The van der Waals surface area contributed by atoms with E-state index < -0.39 is 0 Å². The lowest BCUT2D eigenvalue weighted by atomic mass is 10.0. The molecular formula is C14H27NO. The number of carbonyl (C=O) groups is 1. The van der Waals surface area contributed by atoms with Crippen LogP contribution in [0, 0.1) is 5.92 Å². The van der Waals surface area contributed by atoms with Gasteiger partial charge in [0.15, 0.2) is 0 Å². The van der Waals surface area contributed by atoms with Gasteiger partial charge in [-0.3, -0.25) is 4.79 Å². The van der Waals surface area contributed by atoms with E-state index in [9.17, 15) is 4.79 Å². The smallest absolute Gasteiger partial charge is 0.222 e. The molecule has 0 aromatic carbocycles. The topological polar surface area (TPSA) is 20.3 Å². The summed E-state index contributed by atoms with van der Waals surface area (Å²) in [7, 11) is 0. The Morgan fingerprint density at radius 3 is 2.25 bits per heavy atom. The van der Waals surface area contributed by atoms with Gasteiger partial charge in [0, 0.05) is 19.5 Å². The molecule has 2 heteroatoms. The van der Waals surface area contributed by atoms with Crippen LogP contribution in [-0.4, -0.2) is 23.9 Å². The first kappa shape index (κ1) is 15.2. The zero-order valence-electron chi connectivity index (χ0n) is 11.5. The molecule has 1 amide bonds. The van der Waals surface area contributed by atoms with E-state index in [1.807, 2.05) is 18.7 Å². The van der Waals surface area contributed by atoms with Gasteiger partial charge in [0.1, 0.15) is 0 Å². The maximum atomic E-state index is 11.8. The monoisotopic (exact) mass is 225 g/mol. The minimum Gasteiger partial charge on any atom is -0.343 e. The summed E-state index contributed by atoms with van der Waals surface area (Å²) in [5.41, 5.74) is 1.36. The highest BCUT2D eigenvalue weighted by Gasteiger charge is 2.13. The Kier molecular flexibility index (Phi) is 7.96. The second-order valence-electron chi connectivity index (χ2n) is 4.73. The molecule has 0 N–H and O–H groups in total. The number of nitrogens with zero attached hydrogens (tertiary/aromatic N) is 1. The number of hydrogen-bond acceptors (Lipinski definition) is 1. The lowest BCUT2D eigenvalue weighted by Gasteiger charge is -2.20. The maximum absolute atomic E-state index is 11.8. The van der Waals surface area contributed by atoms with Gasteiger partial charge in [-0.05, 0) is 46.5 Å². The van der Waals surface area contributed by atoms with Gasteiger partial charge in [0.05, 0.1) is 0 Å². The molecule has 1 unspecified atom stereocenters. The minimum absolute atomic E-state index is 0.301. The highest BCUT2D eigenvalue weighted by atomic mass is 16.2. The average Bonchev–Trinajstić information content (AvgIpc) is 2.18. The van der Waals surface area contributed by atoms with Crippen molar-refractivity contribution >= 4 is 5.91 Å². The quantitative estimate of drug-likeness (QED) is 0.606. The van der Waals surface area contributed by atoms with E-state index in [0.29, 0.717) is 18.2 Å². The fraction of sp³-hybridized carbons (Fsp3) is 0.786. The molecule has 0 rings (SSSR count). The van der Waals surface area contributed by atoms with Crippen LogP contribution in [0.25, 0.3) is 0 Å². The van der Waals surface area contributed by atoms with E-state index in [1.165, 1.54) is 5.57 Å². The second-order valence-corrected chi connectivity index (χ2v) is 4.73. The third-order valence-corrected chi connectivity index (χ3v) is 2.85. The summed E-state index contributed by atoms with van der Waals surface area (Å²) < 4.78 is 0. The Hall–Kier alpha value is -0.790. The maximum Gasteiger partial charge on any atom is 0.222 e. The second kappa shape index (κ2) is 8.37. The largest absolute Gasteiger partial charge is 0.343 e. The van der Waals surface area contributed by atoms with Gasteiger partial charge in [-0.2, -0.15) is 0 Å². The summed E-state index contributed by atoms with van der Waals surface area (Å²) in [6.45, 7) is 12.1. The molecule has 0 aromatic heterocycles. The normalized spacial score (nSPS) is 12.1.